The summed E-state index contributed by atoms with van der Waals surface area (Å²) in [5.41, 5.74) is 1.22. The Hall–Kier alpha value is -3.54. The number of fused-ring (bicyclic) bond motifs is 1. The van der Waals surface area contributed by atoms with Crippen molar-refractivity contribution >= 4 is 11.0 Å². The average molecular weight is 523 g/mol. The molecule has 1 fully saturated rings. The fraction of sp³-hybridized carbons (Fsp3) is 0.360. The van der Waals surface area contributed by atoms with E-state index in [2.05, 4.69) is 15.1 Å². The number of piperidine rings is 1. The van der Waals surface area contributed by atoms with Crippen LogP contribution < -0.4 is 5.56 Å². The number of alkyl halides is 6. The largest absolute Gasteiger partial charge is 0.416 e. The summed E-state index contributed by atoms with van der Waals surface area (Å²) in [6.07, 6.45) is -7.56. The van der Waals surface area contributed by atoms with Crippen molar-refractivity contribution in [3.8, 4) is 17.2 Å². The standard InChI is InChI=1S/C25H23F6N5O/c26-24(27,28)14-35-11-9-15(10-12-35)13-18-21(16-5-7-17(8-6-16)25(29,30)31)34-36(22(18)37)23-32-19-3-1-2-4-20(19)33-23/h1-8,15,34H,9-14H2,(H,32,33). The molecule has 1 aliphatic rings. The Morgan fingerprint density at radius 3 is 2.24 bits per heavy atom. The quantitative estimate of drug-likeness (QED) is 0.338. The zero-order valence-electron chi connectivity index (χ0n) is 19.5. The van der Waals surface area contributed by atoms with Crippen LogP contribution >= 0.6 is 0 Å². The van der Waals surface area contributed by atoms with E-state index in [1.165, 1.54) is 21.7 Å². The molecule has 2 aromatic carbocycles. The number of hydrogen-bond donors (Lipinski definition) is 2. The highest BCUT2D eigenvalue weighted by atomic mass is 19.4. The van der Waals surface area contributed by atoms with Gasteiger partial charge in [0.2, 0.25) is 5.95 Å². The molecule has 37 heavy (non-hydrogen) atoms. The first-order valence-corrected chi connectivity index (χ1v) is 11.7. The zero-order chi connectivity index (χ0) is 26.4. The van der Waals surface area contributed by atoms with Crippen molar-refractivity contribution < 1.29 is 26.3 Å². The van der Waals surface area contributed by atoms with Crippen LogP contribution in [0.1, 0.15) is 24.0 Å². The highest BCUT2D eigenvalue weighted by molar-refractivity contribution is 5.76. The molecular formula is C25H23F6N5O. The molecule has 0 unspecified atom stereocenters. The fourth-order valence-electron chi connectivity index (χ4n) is 4.81. The number of rotatable bonds is 5. The van der Waals surface area contributed by atoms with Crippen LogP contribution in [-0.2, 0) is 12.6 Å². The molecule has 1 saturated heterocycles. The monoisotopic (exact) mass is 523 g/mol. The van der Waals surface area contributed by atoms with E-state index >= 15 is 0 Å². The number of benzene rings is 2. The number of likely N-dealkylation sites (tertiary alicyclic amines) is 1. The molecule has 1 aliphatic heterocycles. The average Bonchev–Trinajstić information content (AvgIpc) is 3.40. The summed E-state index contributed by atoms with van der Waals surface area (Å²) < 4.78 is 78.7. The second kappa shape index (κ2) is 9.40. The third-order valence-electron chi connectivity index (χ3n) is 6.68. The lowest BCUT2D eigenvalue weighted by Crippen LogP contribution is -2.40. The van der Waals surface area contributed by atoms with Gasteiger partial charge in [-0.05, 0) is 68.1 Å². The Kier molecular flexibility index (Phi) is 6.38. The first-order valence-electron chi connectivity index (χ1n) is 11.7. The lowest BCUT2D eigenvalue weighted by atomic mass is 9.89. The van der Waals surface area contributed by atoms with Crippen LogP contribution in [0.5, 0.6) is 0 Å². The van der Waals surface area contributed by atoms with Gasteiger partial charge in [-0.25, -0.2) is 4.98 Å². The first-order chi connectivity index (χ1) is 17.5. The lowest BCUT2D eigenvalue weighted by molar-refractivity contribution is -0.148. The third-order valence-corrected chi connectivity index (χ3v) is 6.68. The Morgan fingerprint density at radius 1 is 0.946 bits per heavy atom. The molecule has 3 heterocycles. The summed E-state index contributed by atoms with van der Waals surface area (Å²) in [4.78, 5) is 22.4. The number of H-pyrrole nitrogens is 2. The topological polar surface area (TPSA) is 69.7 Å². The van der Waals surface area contributed by atoms with E-state index in [4.69, 9.17) is 0 Å². The van der Waals surface area contributed by atoms with Gasteiger partial charge in [0, 0.05) is 5.56 Å². The highest BCUT2D eigenvalue weighted by Crippen LogP contribution is 2.32. The minimum atomic E-state index is -4.50. The fourth-order valence-corrected chi connectivity index (χ4v) is 4.81. The van der Waals surface area contributed by atoms with Crippen molar-refractivity contribution in [1.29, 1.82) is 0 Å². The summed E-state index contributed by atoms with van der Waals surface area (Å²) in [6, 6.07) is 11.7. The summed E-state index contributed by atoms with van der Waals surface area (Å²) >= 11 is 0. The van der Waals surface area contributed by atoms with E-state index in [-0.39, 0.29) is 31.4 Å². The van der Waals surface area contributed by atoms with Crippen LogP contribution in [0.3, 0.4) is 0 Å². The molecule has 12 heteroatoms. The molecule has 6 nitrogen and oxygen atoms in total. The maximum atomic E-state index is 13.5. The maximum absolute atomic E-state index is 13.5. The van der Waals surface area contributed by atoms with Gasteiger partial charge in [-0.15, -0.1) is 0 Å². The van der Waals surface area contributed by atoms with Crippen molar-refractivity contribution in [3.05, 3.63) is 70.0 Å². The van der Waals surface area contributed by atoms with E-state index in [0.717, 1.165) is 12.1 Å². The SMILES string of the molecule is O=c1c(CC2CCN(CC(F)(F)F)CC2)c(-c2ccc(C(F)(F)F)cc2)[nH]n1-c1nc2ccccc2[nH]1. The van der Waals surface area contributed by atoms with Gasteiger partial charge in [0.15, 0.2) is 0 Å². The van der Waals surface area contributed by atoms with Crippen LogP contribution in [0.15, 0.2) is 53.3 Å². The van der Waals surface area contributed by atoms with Gasteiger partial charge in [-0.2, -0.15) is 31.0 Å². The van der Waals surface area contributed by atoms with Gasteiger partial charge in [0.1, 0.15) is 0 Å². The molecule has 0 spiro atoms. The van der Waals surface area contributed by atoms with Crippen molar-refractivity contribution in [2.45, 2.75) is 31.6 Å². The summed E-state index contributed by atoms with van der Waals surface area (Å²) in [5, 5.41) is 3.00. The van der Waals surface area contributed by atoms with E-state index in [1.807, 2.05) is 6.07 Å². The Morgan fingerprint density at radius 2 is 1.62 bits per heavy atom. The molecule has 2 N–H and O–H groups in total. The molecule has 0 amide bonds. The van der Waals surface area contributed by atoms with Gasteiger partial charge in [-0.3, -0.25) is 14.8 Å². The van der Waals surface area contributed by atoms with Crippen LogP contribution in [0.25, 0.3) is 28.2 Å². The predicted molar refractivity (Wildman–Crippen MR) is 125 cm³/mol. The van der Waals surface area contributed by atoms with Gasteiger partial charge in [0.25, 0.3) is 5.56 Å². The minimum Gasteiger partial charge on any atom is -0.322 e. The predicted octanol–water partition coefficient (Wildman–Crippen LogP) is 5.54. The molecule has 0 bridgehead atoms. The van der Waals surface area contributed by atoms with Gasteiger partial charge in [-0.1, -0.05) is 24.3 Å². The minimum absolute atomic E-state index is 0.0506. The number of para-hydroxylation sites is 2. The van der Waals surface area contributed by atoms with E-state index in [9.17, 15) is 31.1 Å². The molecule has 4 aromatic rings. The van der Waals surface area contributed by atoms with Gasteiger partial charge in [0.05, 0.1) is 28.8 Å². The van der Waals surface area contributed by atoms with Crippen molar-refractivity contribution in [1.82, 2.24) is 24.6 Å². The van der Waals surface area contributed by atoms with Crippen LogP contribution in [0.4, 0.5) is 26.3 Å². The van der Waals surface area contributed by atoms with E-state index in [0.29, 0.717) is 40.7 Å². The second-order valence-electron chi connectivity index (χ2n) is 9.30. The molecule has 0 aliphatic carbocycles. The first kappa shape index (κ1) is 25.1. The van der Waals surface area contributed by atoms with E-state index < -0.39 is 30.0 Å². The van der Waals surface area contributed by atoms with Gasteiger partial charge < -0.3 is 4.98 Å². The summed E-state index contributed by atoms with van der Waals surface area (Å²) in [7, 11) is 0. The normalized spacial score (nSPS) is 16.1. The number of halogens is 6. The molecule has 0 saturated carbocycles. The number of nitrogens with one attached hydrogen (secondary N) is 2. The molecule has 196 valence electrons. The maximum Gasteiger partial charge on any atom is 0.416 e. The number of aromatic nitrogens is 4. The second-order valence-corrected chi connectivity index (χ2v) is 9.30. The number of hydrogen-bond acceptors (Lipinski definition) is 3. The van der Waals surface area contributed by atoms with E-state index in [1.54, 1.807) is 18.2 Å². The molecule has 2 aromatic heterocycles. The van der Waals surface area contributed by atoms with Gasteiger partial charge >= 0.3 is 12.4 Å². The molecular weight excluding hydrogens is 500 g/mol. The number of nitrogens with zero attached hydrogens (tertiary/aromatic N) is 3. The Bertz CT molecular complexity index is 1410. The smallest absolute Gasteiger partial charge is 0.322 e. The summed E-state index contributed by atoms with van der Waals surface area (Å²) in [6.45, 7) is -0.469. The Balaban J connectivity index is 1.48. The lowest BCUT2D eigenvalue weighted by Gasteiger charge is -2.32. The number of imidazole rings is 1. The van der Waals surface area contributed by atoms with Crippen LogP contribution in [0, 0.1) is 5.92 Å². The highest BCUT2D eigenvalue weighted by Gasteiger charge is 2.33. The zero-order valence-corrected chi connectivity index (χ0v) is 19.5. The molecule has 0 radical (unpaired) electrons. The molecule has 0 atom stereocenters. The summed E-state index contributed by atoms with van der Waals surface area (Å²) in [5.74, 6) is 0.177. The number of aromatic amines is 2. The third kappa shape index (κ3) is 5.43. The van der Waals surface area contributed by atoms with Crippen molar-refractivity contribution in [2.24, 2.45) is 5.92 Å². The Labute approximate surface area is 206 Å². The van der Waals surface area contributed by atoms with Crippen molar-refractivity contribution in [2.75, 3.05) is 19.6 Å². The van der Waals surface area contributed by atoms with Crippen LogP contribution in [0.2, 0.25) is 0 Å². The molecule has 5 rings (SSSR count). The van der Waals surface area contributed by atoms with Crippen molar-refractivity contribution in [3.63, 3.8) is 0 Å². The van der Waals surface area contributed by atoms with Crippen LogP contribution in [-0.4, -0.2) is 50.5 Å².